The van der Waals surface area contributed by atoms with Gasteiger partial charge < -0.3 is 39.0 Å². The minimum Gasteiger partial charge on any atom is -0.462 e. The van der Waals surface area contributed by atoms with Gasteiger partial charge in [0.05, 0.1) is 30.8 Å². The Morgan fingerprint density at radius 2 is 1.81 bits per heavy atom. The van der Waals surface area contributed by atoms with Gasteiger partial charge in [-0.05, 0) is 24.5 Å². The smallest absolute Gasteiger partial charge is 0.312 e. The third kappa shape index (κ3) is 4.05. The molecule has 1 saturated carbocycles. The molecule has 0 unspecified atom stereocenters. The lowest BCUT2D eigenvalue weighted by Gasteiger charge is -2.54. The number of carbonyl (C=O) groups excluding carboxylic acids is 3. The normalized spacial score (nSPS) is 49.4. The molecule has 0 aromatic carbocycles. The first-order valence-corrected chi connectivity index (χ1v) is 12.3. The van der Waals surface area contributed by atoms with Gasteiger partial charge >= 0.3 is 17.9 Å². The summed E-state index contributed by atoms with van der Waals surface area (Å²) in [5.74, 6) is -4.59. The zero-order chi connectivity index (χ0) is 26.7. The molecule has 2 aliphatic carbocycles. The SMILES string of the molecule is COC/C1=C/[C@@H]2OC(=O)[C@H](C)[C@@]2(O)[C@@H](OC(C)=O)[C@H]2[C@@H](C)[C@@H](O)[C@@H]3O[C@@H]3[C@]2(C)[C@@H](OC(C)=O)C[C@@H]1O. The Bertz CT molecular complexity index is 948. The molecule has 36 heavy (non-hydrogen) atoms. The lowest BCUT2D eigenvalue weighted by atomic mass is 9.53. The van der Waals surface area contributed by atoms with E-state index in [4.69, 9.17) is 23.7 Å². The van der Waals surface area contributed by atoms with Crippen LogP contribution in [0.5, 0.6) is 0 Å². The standard InChI is InChI=1S/C25H36O11/c1-10-18-21(34-13(4)27)25(31)11(2)23(30)35-17(25)7-14(9-32-6)15(28)8-16(33-12(3)26)24(18,5)22-20(36-22)19(10)29/h7,10-11,15-22,28-29,31H,8-9H2,1-6H3/b14-7-/t10-,11+,15+,16+,17+,18-,19-,20+,21+,22+,24-,25+/m1/s1. The Labute approximate surface area is 209 Å². The first-order chi connectivity index (χ1) is 16.8. The fourth-order valence-corrected chi connectivity index (χ4v) is 6.72. The van der Waals surface area contributed by atoms with E-state index in [1.165, 1.54) is 34.0 Å². The molecule has 4 aliphatic rings. The van der Waals surface area contributed by atoms with Crippen molar-refractivity contribution >= 4 is 17.9 Å². The highest BCUT2D eigenvalue weighted by atomic mass is 16.6. The Morgan fingerprint density at radius 1 is 1.17 bits per heavy atom. The summed E-state index contributed by atoms with van der Waals surface area (Å²) in [5.41, 5.74) is -2.89. The Morgan fingerprint density at radius 3 is 2.39 bits per heavy atom. The number of aliphatic hydroxyl groups is 3. The lowest BCUT2D eigenvalue weighted by molar-refractivity contribution is -0.222. The van der Waals surface area contributed by atoms with E-state index in [0.29, 0.717) is 5.57 Å². The topological polar surface area (TPSA) is 161 Å². The van der Waals surface area contributed by atoms with Crippen molar-refractivity contribution in [2.24, 2.45) is 23.2 Å². The highest BCUT2D eigenvalue weighted by Crippen LogP contribution is 2.61. The van der Waals surface area contributed by atoms with Crippen LogP contribution in [0.25, 0.3) is 0 Å². The van der Waals surface area contributed by atoms with Crippen LogP contribution >= 0.6 is 0 Å². The number of fused-ring (bicyclic) bond motifs is 4. The van der Waals surface area contributed by atoms with Gasteiger partial charge in [0.25, 0.3) is 0 Å². The van der Waals surface area contributed by atoms with Gasteiger partial charge in [0.2, 0.25) is 0 Å². The number of carbonyl (C=O) groups is 3. The summed E-state index contributed by atoms with van der Waals surface area (Å²) in [4.78, 5) is 37.4. The second-order valence-electron chi connectivity index (χ2n) is 10.8. The third-order valence-electron chi connectivity index (χ3n) is 8.66. The highest BCUT2D eigenvalue weighted by Gasteiger charge is 2.74. The molecule has 0 bridgehead atoms. The number of methoxy groups -OCH3 is 1. The molecule has 12 atom stereocenters. The van der Waals surface area contributed by atoms with E-state index in [9.17, 15) is 29.7 Å². The van der Waals surface area contributed by atoms with Crippen LogP contribution < -0.4 is 0 Å². The molecular formula is C25H36O11. The summed E-state index contributed by atoms with van der Waals surface area (Å²) in [6, 6.07) is 0. The van der Waals surface area contributed by atoms with Crippen LogP contribution in [0.3, 0.4) is 0 Å². The van der Waals surface area contributed by atoms with Crippen molar-refractivity contribution in [1.29, 1.82) is 0 Å². The zero-order valence-electron chi connectivity index (χ0n) is 21.4. The average molecular weight is 513 g/mol. The molecule has 0 aromatic heterocycles. The van der Waals surface area contributed by atoms with Gasteiger partial charge in [-0.1, -0.05) is 13.8 Å². The van der Waals surface area contributed by atoms with E-state index in [1.54, 1.807) is 13.8 Å². The van der Waals surface area contributed by atoms with Gasteiger partial charge in [0.1, 0.15) is 18.3 Å². The highest BCUT2D eigenvalue weighted by molar-refractivity contribution is 5.77. The molecule has 2 heterocycles. The van der Waals surface area contributed by atoms with Crippen LogP contribution in [-0.2, 0) is 38.1 Å². The summed E-state index contributed by atoms with van der Waals surface area (Å²) >= 11 is 0. The number of hydrogen-bond donors (Lipinski definition) is 3. The summed E-state index contributed by atoms with van der Waals surface area (Å²) in [6.07, 6.45) is -5.55. The predicted octanol–water partition coefficient (Wildman–Crippen LogP) is -0.120. The average Bonchev–Trinajstić information content (AvgIpc) is 3.57. The van der Waals surface area contributed by atoms with Gasteiger partial charge in [-0.15, -0.1) is 0 Å². The van der Waals surface area contributed by atoms with Crippen molar-refractivity contribution in [3.63, 3.8) is 0 Å². The van der Waals surface area contributed by atoms with Crippen LogP contribution in [-0.4, -0.2) is 95.3 Å². The van der Waals surface area contributed by atoms with Crippen LogP contribution in [0.4, 0.5) is 0 Å². The first kappa shape index (κ1) is 27.0. The number of rotatable bonds is 4. The maximum atomic E-state index is 12.8. The molecule has 4 rings (SSSR count). The second kappa shape index (κ2) is 9.36. The fourth-order valence-electron chi connectivity index (χ4n) is 6.72. The van der Waals surface area contributed by atoms with Gasteiger partial charge in [-0.25, -0.2) is 0 Å². The minimum absolute atomic E-state index is 0.0531. The summed E-state index contributed by atoms with van der Waals surface area (Å²) in [6.45, 7) is 7.39. The molecule has 0 amide bonds. The molecule has 3 fully saturated rings. The van der Waals surface area contributed by atoms with Crippen LogP contribution in [0.15, 0.2) is 11.6 Å². The van der Waals surface area contributed by atoms with Crippen molar-refractivity contribution in [2.75, 3.05) is 13.7 Å². The van der Waals surface area contributed by atoms with Crippen LogP contribution in [0.1, 0.15) is 41.0 Å². The van der Waals surface area contributed by atoms with Crippen LogP contribution in [0, 0.1) is 23.2 Å². The van der Waals surface area contributed by atoms with E-state index in [1.807, 2.05) is 0 Å². The van der Waals surface area contributed by atoms with Crippen molar-refractivity contribution in [3.8, 4) is 0 Å². The van der Waals surface area contributed by atoms with Crippen molar-refractivity contribution in [1.82, 2.24) is 0 Å². The van der Waals surface area contributed by atoms with Crippen LogP contribution in [0.2, 0.25) is 0 Å². The van der Waals surface area contributed by atoms with Gasteiger partial charge in [0, 0.05) is 38.7 Å². The Balaban J connectivity index is 1.99. The van der Waals surface area contributed by atoms with E-state index < -0.39 is 89.4 Å². The quantitative estimate of drug-likeness (QED) is 0.199. The van der Waals surface area contributed by atoms with Crippen molar-refractivity contribution in [3.05, 3.63) is 11.6 Å². The number of hydrogen-bond acceptors (Lipinski definition) is 11. The molecule has 0 aromatic rings. The summed E-state index contributed by atoms with van der Waals surface area (Å²) in [5, 5.41) is 34.5. The molecule has 0 spiro atoms. The molecular weight excluding hydrogens is 476 g/mol. The fraction of sp³-hybridized carbons (Fsp3) is 0.800. The molecule has 2 saturated heterocycles. The number of aliphatic hydroxyl groups excluding tert-OH is 2. The molecule has 0 radical (unpaired) electrons. The minimum atomic E-state index is -2.07. The first-order valence-electron chi connectivity index (χ1n) is 12.3. The number of epoxide rings is 1. The van der Waals surface area contributed by atoms with E-state index in [-0.39, 0.29) is 13.0 Å². The van der Waals surface area contributed by atoms with E-state index in [2.05, 4.69) is 0 Å². The zero-order valence-corrected chi connectivity index (χ0v) is 21.4. The summed E-state index contributed by atoms with van der Waals surface area (Å²) in [7, 11) is 1.43. The van der Waals surface area contributed by atoms with Gasteiger partial charge in [-0.2, -0.15) is 0 Å². The van der Waals surface area contributed by atoms with Gasteiger partial charge in [0.15, 0.2) is 11.7 Å². The number of esters is 3. The maximum Gasteiger partial charge on any atom is 0.312 e. The predicted molar refractivity (Wildman–Crippen MR) is 121 cm³/mol. The van der Waals surface area contributed by atoms with E-state index in [0.717, 1.165) is 0 Å². The lowest BCUT2D eigenvalue weighted by Crippen LogP contribution is -2.67. The van der Waals surface area contributed by atoms with Crippen molar-refractivity contribution in [2.45, 2.75) is 89.4 Å². The monoisotopic (exact) mass is 512 g/mol. The second-order valence-corrected chi connectivity index (χ2v) is 10.8. The Hall–Kier alpha value is -2.05. The largest absolute Gasteiger partial charge is 0.462 e. The molecule has 11 nitrogen and oxygen atoms in total. The van der Waals surface area contributed by atoms with Crippen molar-refractivity contribution < 1.29 is 53.4 Å². The van der Waals surface area contributed by atoms with Gasteiger partial charge in [-0.3, -0.25) is 14.4 Å². The molecule has 3 N–H and O–H groups in total. The Kier molecular flexibility index (Phi) is 7.02. The molecule has 202 valence electrons. The molecule has 2 aliphatic heterocycles. The number of ether oxygens (including phenoxy) is 5. The third-order valence-corrected chi connectivity index (χ3v) is 8.66. The summed E-state index contributed by atoms with van der Waals surface area (Å²) < 4.78 is 28.3. The van der Waals surface area contributed by atoms with E-state index >= 15 is 0 Å². The maximum absolute atomic E-state index is 12.8. The molecule has 11 heteroatoms.